The van der Waals surface area contributed by atoms with E-state index in [1.165, 1.54) is 7.11 Å². The molecule has 1 saturated carbocycles. The van der Waals surface area contributed by atoms with Crippen molar-refractivity contribution in [1.82, 2.24) is 0 Å². The first-order valence-electron chi connectivity index (χ1n) is 6.41. The Labute approximate surface area is 113 Å². The van der Waals surface area contributed by atoms with Gasteiger partial charge in [0.1, 0.15) is 0 Å². The topological polar surface area (TPSA) is 73.6 Å². The zero-order valence-electron chi connectivity index (χ0n) is 11.3. The third-order valence-corrected chi connectivity index (χ3v) is 3.53. The molecule has 0 heterocycles. The fourth-order valence-corrected chi connectivity index (χ4v) is 2.47. The molecule has 1 aliphatic carbocycles. The molecule has 0 bridgehead atoms. The van der Waals surface area contributed by atoms with Crippen molar-refractivity contribution in [2.75, 3.05) is 25.3 Å². The second kappa shape index (κ2) is 5.93. The van der Waals surface area contributed by atoms with E-state index in [4.69, 9.17) is 15.2 Å². The minimum absolute atomic E-state index is 0.299. The number of esters is 1. The van der Waals surface area contributed by atoms with Gasteiger partial charge in [0.05, 0.1) is 18.8 Å². The molecule has 2 rings (SSSR count). The monoisotopic (exact) mass is 264 g/mol. The van der Waals surface area contributed by atoms with Crippen LogP contribution in [0.2, 0.25) is 0 Å². The molecule has 104 valence electrons. The maximum Gasteiger partial charge on any atom is 0.340 e. The highest BCUT2D eigenvalue weighted by Gasteiger charge is 2.25. The highest BCUT2D eigenvalue weighted by atomic mass is 16.5. The van der Waals surface area contributed by atoms with E-state index in [-0.39, 0.29) is 5.97 Å². The average Bonchev–Trinajstić information content (AvgIpc) is 2.87. The van der Waals surface area contributed by atoms with Crippen LogP contribution in [-0.4, -0.2) is 32.3 Å². The van der Waals surface area contributed by atoms with Gasteiger partial charge in [-0.2, -0.15) is 0 Å². The molecule has 3 N–H and O–H groups in total. The molecule has 0 amide bonds. The Morgan fingerprint density at radius 3 is 2.79 bits per heavy atom. The molecule has 0 aliphatic heterocycles. The van der Waals surface area contributed by atoms with Gasteiger partial charge in [0.2, 0.25) is 0 Å². The molecule has 0 spiro atoms. The van der Waals surface area contributed by atoms with Gasteiger partial charge in [0.25, 0.3) is 0 Å². The van der Waals surface area contributed by atoms with Gasteiger partial charge in [-0.3, -0.25) is 0 Å². The van der Waals surface area contributed by atoms with E-state index in [1.807, 2.05) is 6.07 Å². The van der Waals surface area contributed by atoms with E-state index >= 15 is 0 Å². The lowest BCUT2D eigenvalue weighted by Crippen LogP contribution is -2.19. The Kier molecular flexibility index (Phi) is 4.27. The first kappa shape index (κ1) is 13.7. The van der Waals surface area contributed by atoms with Crippen molar-refractivity contribution in [3.63, 3.8) is 0 Å². The van der Waals surface area contributed by atoms with Crippen LogP contribution in [0, 0.1) is 0 Å². The molecule has 1 fully saturated rings. The van der Waals surface area contributed by atoms with E-state index in [0.717, 1.165) is 24.9 Å². The van der Waals surface area contributed by atoms with Crippen molar-refractivity contribution in [2.24, 2.45) is 0 Å². The molecule has 0 saturated heterocycles. The average molecular weight is 264 g/mol. The number of hydrogen-bond donors (Lipinski definition) is 2. The summed E-state index contributed by atoms with van der Waals surface area (Å²) in [5, 5.41) is 3.38. The largest absolute Gasteiger partial charge is 0.465 e. The van der Waals surface area contributed by atoms with Gasteiger partial charge < -0.3 is 20.5 Å². The van der Waals surface area contributed by atoms with Crippen molar-refractivity contribution in [3.8, 4) is 0 Å². The van der Waals surface area contributed by atoms with Crippen LogP contribution in [0.3, 0.4) is 0 Å². The number of ether oxygens (including phenoxy) is 2. The summed E-state index contributed by atoms with van der Waals surface area (Å²) in [6.07, 6.45) is 3.31. The first-order chi connectivity index (χ1) is 9.13. The summed E-state index contributed by atoms with van der Waals surface area (Å²) in [5.74, 6) is -0.379. The number of hydrogen-bond acceptors (Lipinski definition) is 5. The van der Waals surface area contributed by atoms with Crippen molar-refractivity contribution in [2.45, 2.75) is 31.4 Å². The Morgan fingerprint density at radius 2 is 2.16 bits per heavy atom. The SMILES string of the molecule is COC(=O)c1cc(N)ccc1NC1CCC(OC)C1. The van der Waals surface area contributed by atoms with E-state index < -0.39 is 0 Å². The zero-order valence-corrected chi connectivity index (χ0v) is 11.3. The molecule has 19 heavy (non-hydrogen) atoms. The maximum absolute atomic E-state index is 11.7. The lowest BCUT2D eigenvalue weighted by molar-refractivity contribution is 0.0602. The number of nitrogen functional groups attached to an aromatic ring is 1. The van der Waals surface area contributed by atoms with Crippen LogP contribution in [0.25, 0.3) is 0 Å². The Hall–Kier alpha value is -1.75. The Bertz CT molecular complexity index is 462. The summed E-state index contributed by atoms with van der Waals surface area (Å²) in [7, 11) is 3.10. The van der Waals surface area contributed by atoms with E-state index in [2.05, 4.69) is 5.32 Å². The molecule has 2 atom stereocenters. The van der Waals surface area contributed by atoms with Crippen molar-refractivity contribution >= 4 is 17.3 Å². The molecule has 0 radical (unpaired) electrons. The smallest absolute Gasteiger partial charge is 0.340 e. The second-order valence-corrected chi connectivity index (χ2v) is 4.81. The second-order valence-electron chi connectivity index (χ2n) is 4.81. The fourth-order valence-electron chi connectivity index (χ4n) is 2.47. The molecule has 0 aromatic heterocycles. The summed E-state index contributed by atoms with van der Waals surface area (Å²) >= 11 is 0. The molecular formula is C14H20N2O3. The lowest BCUT2D eigenvalue weighted by atomic mass is 10.1. The standard InChI is InChI=1S/C14H20N2O3/c1-18-11-5-4-10(8-11)16-13-6-3-9(15)7-12(13)14(17)19-2/h3,6-7,10-11,16H,4-5,8,15H2,1-2H3. The third-order valence-electron chi connectivity index (χ3n) is 3.53. The van der Waals surface area contributed by atoms with Gasteiger partial charge in [-0.25, -0.2) is 4.79 Å². The molecule has 5 heteroatoms. The Morgan fingerprint density at radius 1 is 1.37 bits per heavy atom. The Balaban J connectivity index is 2.14. The van der Waals surface area contributed by atoms with Gasteiger partial charge in [-0.15, -0.1) is 0 Å². The number of nitrogens with one attached hydrogen (secondary N) is 1. The van der Waals surface area contributed by atoms with E-state index in [1.54, 1.807) is 19.2 Å². The highest BCUT2D eigenvalue weighted by Crippen LogP contribution is 2.27. The summed E-state index contributed by atoms with van der Waals surface area (Å²) in [6.45, 7) is 0. The molecular weight excluding hydrogens is 244 g/mol. The molecule has 2 unspecified atom stereocenters. The first-order valence-corrected chi connectivity index (χ1v) is 6.41. The number of rotatable bonds is 4. The molecule has 1 aromatic rings. The molecule has 1 aromatic carbocycles. The summed E-state index contributed by atoms with van der Waals surface area (Å²) in [6, 6.07) is 5.55. The summed E-state index contributed by atoms with van der Waals surface area (Å²) in [5.41, 5.74) is 7.51. The quantitative estimate of drug-likeness (QED) is 0.643. The predicted octanol–water partition coefficient (Wildman–Crippen LogP) is 2.03. The van der Waals surface area contributed by atoms with Gasteiger partial charge in [0.15, 0.2) is 0 Å². The van der Waals surface area contributed by atoms with Crippen LogP contribution < -0.4 is 11.1 Å². The number of nitrogens with two attached hydrogens (primary N) is 1. The van der Waals surface area contributed by atoms with Gasteiger partial charge in [-0.05, 0) is 37.5 Å². The lowest BCUT2D eigenvalue weighted by Gasteiger charge is -2.17. The maximum atomic E-state index is 11.7. The van der Waals surface area contributed by atoms with Crippen LogP contribution in [0.4, 0.5) is 11.4 Å². The summed E-state index contributed by atoms with van der Waals surface area (Å²) in [4.78, 5) is 11.7. The molecule has 5 nitrogen and oxygen atoms in total. The number of methoxy groups -OCH3 is 2. The summed E-state index contributed by atoms with van der Waals surface area (Å²) < 4.78 is 10.1. The van der Waals surface area contributed by atoms with Crippen LogP contribution in [-0.2, 0) is 9.47 Å². The van der Waals surface area contributed by atoms with Crippen molar-refractivity contribution in [3.05, 3.63) is 23.8 Å². The van der Waals surface area contributed by atoms with Gasteiger partial charge in [-0.1, -0.05) is 0 Å². The number of carbonyl (C=O) groups is 1. The minimum atomic E-state index is -0.379. The van der Waals surface area contributed by atoms with Crippen molar-refractivity contribution in [1.29, 1.82) is 0 Å². The van der Waals surface area contributed by atoms with Crippen LogP contribution in [0.1, 0.15) is 29.6 Å². The van der Waals surface area contributed by atoms with Crippen molar-refractivity contribution < 1.29 is 14.3 Å². The van der Waals surface area contributed by atoms with E-state index in [0.29, 0.717) is 23.4 Å². The van der Waals surface area contributed by atoms with Gasteiger partial charge >= 0.3 is 5.97 Å². The minimum Gasteiger partial charge on any atom is -0.465 e. The van der Waals surface area contributed by atoms with Crippen LogP contribution in [0.5, 0.6) is 0 Å². The van der Waals surface area contributed by atoms with Gasteiger partial charge in [0, 0.05) is 24.5 Å². The number of carbonyl (C=O) groups excluding carboxylic acids is 1. The zero-order chi connectivity index (χ0) is 13.8. The fraction of sp³-hybridized carbons (Fsp3) is 0.500. The number of benzene rings is 1. The van der Waals surface area contributed by atoms with Crippen LogP contribution in [0.15, 0.2) is 18.2 Å². The van der Waals surface area contributed by atoms with E-state index in [9.17, 15) is 4.79 Å². The third kappa shape index (κ3) is 3.17. The molecule has 1 aliphatic rings. The number of anilines is 2. The highest BCUT2D eigenvalue weighted by molar-refractivity contribution is 5.96. The normalized spacial score (nSPS) is 22.2. The predicted molar refractivity (Wildman–Crippen MR) is 74.3 cm³/mol. The van der Waals surface area contributed by atoms with Crippen LogP contribution >= 0.6 is 0 Å².